The number of morpholine rings is 1. The first-order valence-electron chi connectivity index (χ1n) is 8.37. The molecule has 0 saturated carbocycles. The van der Waals surface area contributed by atoms with Crippen LogP contribution in [0.4, 0.5) is 0 Å². The standard InChI is InChI=1S/C16H23N5O3/c22-15(21-7-9-24-10-8-21)12-20-5-1-13(2-6-20)19-16(23)14-11-17-3-4-18-14/h3-4,11,13H,1-2,5-10,12H2,(H,19,23). The third-order valence-corrected chi connectivity index (χ3v) is 4.44. The zero-order valence-electron chi connectivity index (χ0n) is 13.7. The topological polar surface area (TPSA) is 87.7 Å². The largest absolute Gasteiger partial charge is 0.378 e. The van der Waals surface area contributed by atoms with Crippen molar-refractivity contribution in [1.29, 1.82) is 0 Å². The molecule has 2 amide bonds. The van der Waals surface area contributed by atoms with E-state index >= 15 is 0 Å². The maximum absolute atomic E-state index is 12.3. The Balaban J connectivity index is 1.41. The lowest BCUT2D eigenvalue weighted by Crippen LogP contribution is -2.49. The molecule has 8 nitrogen and oxygen atoms in total. The van der Waals surface area contributed by atoms with Gasteiger partial charge in [-0.15, -0.1) is 0 Å². The van der Waals surface area contributed by atoms with Gasteiger partial charge in [0.1, 0.15) is 5.69 Å². The first-order valence-corrected chi connectivity index (χ1v) is 8.37. The first-order chi connectivity index (χ1) is 11.7. The molecule has 2 aliphatic rings. The van der Waals surface area contributed by atoms with Crippen LogP contribution in [0.1, 0.15) is 23.3 Å². The maximum atomic E-state index is 12.3. The van der Waals surface area contributed by atoms with Crippen molar-refractivity contribution in [2.75, 3.05) is 45.9 Å². The average Bonchev–Trinajstić information content (AvgIpc) is 2.65. The van der Waals surface area contributed by atoms with Gasteiger partial charge in [0.2, 0.25) is 5.91 Å². The number of carbonyl (C=O) groups is 2. The van der Waals surface area contributed by atoms with E-state index in [1.165, 1.54) is 12.4 Å². The lowest BCUT2D eigenvalue weighted by Gasteiger charge is -2.34. The summed E-state index contributed by atoms with van der Waals surface area (Å²) >= 11 is 0. The summed E-state index contributed by atoms with van der Waals surface area (Å²) in [4.78, 5) is 36.3. The Labute approximate surface area is 141 Å². The van der Waals surface area contributed by atoms with Gasteiger partial charge >= 0.3 is 0 Å². The minimum Gasteiger partial charge on any atom is -0.378 e. The number of hydrogen-bond donors (Lipinski definition) is 1. The number of ether oxygens (including phenoxy) is 1. The van der Waals surface area contributed by atoms with Crippen LogP contribution in [0, 0.1) is 0 Å². The van der Waals surface area contributed by atoms with Gasteiger partial charge in [-0.1, -0.05) is 0 Å². The Morgan fingerprint density at radius 1 is 1.17 bits per heavy atom. The number of piperidine rings is 1. The molecule has 1 aromatic rings. The fraction of sp³-hybridized carbons (Fsp3) is 0.625. The molecule has 0 aromatic carbocycles. The summed E-state index contributed by atoms with van der Waals surface area (Å²) in [7, 11) is 0. The fourth-order valence-corrected chi connectivity index (χ4v) is 3.02. The van der Waals surface area contributed by atoms with E-state index in [0.717, 1.165) is 25.9 Å². The highest BCUT2D eigenvalue weighted by atomic mass is 16.5. The van der Waals surface area contributed by atoms with Crippen LogP contribution in [-0.4, -0.2) is 83.6 Å². The summed E-state index contributed by atoms with van der Waals surface area (Å²) in [6.07, 6.45) is 6.19. The normalized spacial score (nSPS) is 19.9. The molecule has 1 N–H and O–H groups in total. The fourth-order valence-electron chi connectivity index (χ4n) is 3.02. The summed E-state index contributed by atoms with van der Waals surface area (Å²) in [6, 6.07) is 0.120. The van der Waals surface area contributed by atoms with Crippen molar-refractivity contribution < 1.29 is 14.3 Å². The Hall–Kier alpha value is -2.06. The Kier molecular flexibility index (Phi) is 5.71. The predicted octanol–water partition coefficient (Wildman–Crippen LogP) is -0.470. The van der Waals surface area contributed by atoms with E-state index < -0.39 is 0 Å². The second-order valence-electron chi connectivity index (χ2n) is 6.11. The van der Waals surface area contributed by atoms with Crippen molar-refractivity contribution in [1.82, 2.24) is 25.1 Å². The highest BCUT2D eigenvalue weighted by Gasteiger charge is 2.25. The molecule has 0 radical (unpaired) electrons. The van der Waals surface area contributed by atoms with Crippen LogP contribution < -0.4 is 5.32 Å². The molecule has 8 heteroatoms. The monoisotopic (exact) mass is 333 g/mol. The van der Waals surface area contributed by atoms with Gasteiger partial charge in [-0.25, -0.2) is 4.98 Å². The zero-order chi connectivity index (χ0) is 16.8. The maximum Gasteiger partial charge on any atom is 0.271 e. The summed E-state index contributed by atoms with van der Waals surface area (Å²) in [5, 5.41) is 2.99. The number of hydrogen-bond acceptors (Lipinski definition) is 6. The summed E-state index contributed by atoms with van der Waals surface area (Å²) < 4.78 is 5.27. The lowest BCUT2D eigenvalue weighted by atomic mass is 10.0. The third-order valence-electron chi connectivity index (χ3n) is 4.44. The van der Waals surface area contributed by atoms with Gasteiger partial charge in [0.05, 0.1) is 26.0 Å². The van der Waals surface area contributed by atoms with Crippen LogP contribution in [-0.2, 0) is 9.53 Å². The molecule has 3 heterocycles. The van der Waals surface area contributed by atoms with Crippen LogP contribution >= 0.6 is 0 Å². The van der Waals surface area contributed by atoms with E-state index in [-0.39, 0.29) is 17.9 Å². The van der Waals surface area contributed by atoms with Gasteiger partial charge in [0, 0.05) is 44.6 Å². The molecule has 0 aliphatic carbocycles. The third kappa shape index (κ3) is 4.48. The van der Waals surface area contributed by atoms with E-state index in [1.807, 2.05) is 4.90 Å². The number of amides is 2. The molecule has 3 rings (SSSR count). The second kappa shape index (κ2) is 8.16. The predicted molar refractivity (Wildman–Crippen MR) is 86.4 cm³/mol. The minimum atomic E-state index is -0.189. The SMILES string of the molecule is O=C(NC1CCN(CC(=O)N2CCOCC2)CC1)c1cnccn1. The van der Waals surface area contributed by atoms with Crippen molar-refractivity contribution in [2.45, 2.75) is 18.9 Å². The van der Waals surface area contributed by atoms with E-state index in [0.29, 0.717) is 38.5 Å². The zero-order valence-corrected chi connectivity index (χ0v) is 13.7. The highest BCUT2D eigenvalue weighted by molar-refractivity contribution is 5.92. The van der Waals surface area contributed by atoms with Gasteiger partial charge in [0.25, 0.3) is 5.91 Å². The lowest BCUT2D eigenvalue weighted by molar-refractivity contribution is -0.136. The van der Waals surface area contributed by atoms with Gasteiger partial charge in [-0.05, 0) is 12.8 Å². The molecule has 130 valence electrons. The Morgan fingerprint density at radius 3 is 2.58 bits per heavy atom. The van der Waals surface area contributed by atoms with Gasteiger partial charge < -0.3 is 15.0 Å². The minimum absolute atomic E-state index is 0.120. The number of rotatable bonds is 4. The van der Waals surface area contributed by atoms with Gasteiger partial charge in [-0.3, -0.25) is 19.5 Å². The van der Waals surface area contributed by atoms with Gasteiger partial charge in [-0.2, -0.15) is 0 Å². The van der Waals surface area contributed by atoms with Crippen molar-refractivity contribution in [2.24, 2.45) is 0 Å². The van der Waals surface area contributed by atoms with E-state index in [9.17, 15) is 9.59 Å². The molecule has 2 saturated heterocycles. The van der Waals surface area contributed by atoms with Crippen LogP contribution in [0.25, 0.3) is 0 Å². The molecule has 2 aliphatic heterocycles. The van der Waals surface area contributed by atoms with Crippen LogP contribution in [0.15, 0.2) is 18.6 Å². The van der Waals surface area contributed by atoms with E-state index in [4.69, 9.17) is 4.74 Å². The molecule has 0 spiro atoms. The molecule has 0 atom stereocenters. The number of likely N-dealkylation sites (tertiary alicyclic amines) is 1. The van der Waals surface area contributed by atoms with E-state index in [2.05, 4.69) is 20.2 Å². The summed E-state index contributed by atoms with van der Waals surface area (Å²) in [5.74, 6) is -0.0220. The van der Waals surface area contributed by atoms with Crippen molar-refractivity contribution in [3.63, 3.8) is 0 Å². The molecule has 0 bridgehead atoms. The van der Waals surface area contributed by atoms with Crippen LogP contribution in [0.5, 0.6) is 0 Å². The van der Waals surface area contributed by atoms with E-state index in [1.54, 1.807) is 6.20 Å². The number of aromatic nitrogens is 2. The number of carbonyl (C=O) groups excluding carboxylic acids is 2. The second-order valence-corrected chi connectivity index (χ2v) is 6.11. The molecular weight excluding hydrogens is 310 g/mol. The summed E-state index contributed by atoms with van der Waals surface area (Å²) in [5.41, 5.74) is 0.336. The van der Waals surface area contributed by atoms with Crippen molar-refractivity contribution in [3.8, 4) is 0 Å². The molecule has 1 aromatic heterocycles. The first kappa shape index (κ1) is 16.8. The highest BCUT2D eigenvalue weighted by Crippen LogP contribution is 2.11. The quantitative estimate of drug-likeness (QED) is 0.801. The Bertz CT molecular complexity index is 554. The summed E-state index contributed by atoms with van der Waals surface area (Å²) in [6.45, 7) is 4.69. The average molecular weight is 333 g/mol. The molecule has 0 unspecified atom stereocenters. The number of nitrogens with one attached hydrogen (secondary N) is 1. The number of nitrogens with zero attached hydrogens (tertiary/aromatic N) is 4. The van der Waals surface area contributed by atoms with Crippen molar-refractivity contribution in [3.05, 3.63) is 24.3 Å². The van der Waals surface area contributed by atoms with Gasteiger partial charge in [0.15, 0.2) is 0 Å². The smallest absolute Gasteiger partial charge is 0.271 e. The van der Waals surface area contributed by atoms with Crippen LogP contribution in [0.3, 0.4) is 0 Å². The molecule has 2 fully saturated rings. The Morgan fingerprint density at radius 2 is 1.92 bits per heavy atom. The molecular formula is C16H23N5O3. The van der Waals surface area contributed by atoms with Crippen LogP contribution in [0.2, 0.25) is 0 Å². The molecule has 24 heavy (non-hydrogen) atoms. The van der Waals surface area contributed by atoms with Crippen molar-refractivity contribution >= 4 is 11.8 Å².